The largest absolute Gasteiger partial charge is 0.573 e. The van der Waals surface area contributed by atoms with Crippen LogP contribution in [0, 0.1) is 0 Å². The number of halogens is 4. The van der Waals surface area contributed by atoms with Crippen LogP contribution in [-0.4, -0.2) is 35.5 Å². The summed E-state index contributed by atoms with van der Waals surface area (Å²) in [6, 6.07) is 11.3. The molecule has 1 N–H and O–H groups in total. The van der Waals surface area contributed by atoms with Gasteiger partial charge in [0, 0.05) is 23.1 Å². The standard InChI is InChI=1S/C17H11ClF3N3O3.C3H6O2/c18-12-5-1-11(2-6-12)16(25)22-9-14-23-15(24-27-14)10-3-7-13(8-4-10)26-17(19,20)21;1-3(4)5-2/h1-8H,9H2,(H,22,25);1-2H3. The summed E-state index contributed by atoms with van der Waals surface area (Å²) in [4.78, 5) is 25.7. The van der Waals surface area contributed by atoms with Gasteiger partial charge in [-0.1, -0.05) is 16.8 Å². The Morgan fingerprint density at radius 1 is 1.09 bits per heavy atom. The normalized spacial score (nSPS) is 10.6. The Hall–Kier alpha value is -3.60. The third-order valence-electron chi connectivity index (χ3n) is 3.61. The van der Waals surface area contributed by atoms with E-state index in [1.807, 2.05) is 0 Å². The molecule has 0 unspecified atom stereocenters. The molecular weight excluding hydrogens is 455 g/mol. The van der Waals surface area contributed by atoms with E-state index < -0.39 is 6.36 Å². The summed E-state index contributed by atoms with van der Waals surface area (Å²) in [6.45, 7) is 1.35. The molecule has 1 heterocycles. The molecule has 32 heavy (non-hydrogen) atoms. The Balaban J connectivity index is 0.000000654. The number of hydrogen-bond donors (Lipinski definition) is 1. The van der Waals surface area contributed by atoms with Crippen molar-refractivity contribution < 1.29 is 36.8 Å². The summed E-state index contributed by atoms with van der Waals surface area (Å²) in [5.74, 6) is -0.637. The lowest BCUT2D eigenvalue weighted by atomic mass is 10.2. The van der Waals surface area contributed by atoms with Gasteiger partial charge in [0.15, 0.2) is 0 Å². The number of hydrogen-bond acceptors (Lipinski definition) is 7. The van der Waals surface area contributed by atoms with E-state index in [1.54, 1.807) is 24.3 Å². The highest BCUT2D eigenvalue weighted by molar-refractivity contribution is 6.30. The zero-order valence-electron chi connectivity index (χ0n) is 16.8. The molecule has 0 aliphatic carbocycles. The van der Waals surface area contributed by atoms with Crippen LogP contribution >= 0.6 is 11.6 Å². The Bertz CT molecular complexity index is 1040. The number of methoxy groups -OCH3 is 1. The minimum atomic E-state index is -4.76. The number of nitrogens with zero attached hydrogens (tertiary/aromatic N) is 2. The molecule has 0 saturated heterocycles. The number of carbonyl (C=O) groups is 2. The van der Waals surface area contributed by atoms with Crippen LogP contribution in [0.5, 0.6) is 5.75 Å². The van der Waals surface area contributed by atoms with Gasteiger partial charge in [-0.3, -0.25) is 9.59 Å². The Labute approximate surface area is 185 Å². The fourth-order valence-electron chi connectivity index (χ4n) is 2.11. The van der Waals surface area contributed by atoms with Crippen LogP contribution < -0.4 is 10.1 Å². The van der Waals surface area contributed by atoms with Crippen LogP contribution in [0.3, 0.4) is 0 Å². The molecule has 1 aromatic heterocycles. The number of rotatable bonds is 5. The van der Waals surface area contributed by atoms with Crippen LogP contribution in [0.2, 0.25) is 5.02 Å². The smallest absolute Gasteiger partial charge is 0.469 e. The van der Waals surface area contributed by atoms with Crippen molar-refractivity contribution in [3.8, 4) is 17.1 Å². The zero-order chi connectivity index (χ0) is 23.7. The lowest BCUT2D eigenvalue weighted by Gasteiger charge is -2.08. The number of esters is 1. The number of carbonyl (C=O) groups excluding carboxylic acids is 2. The summed E-state index contributed by atoms with van der Waals surface area (Å²) < 4.78 is 49.4. The molecule has 170 valence electrons. The molecule has 2 aromatic carbocycles. The fourth-order valence-corrected chi connectivity index (χ4v) is 2.23. The second-order valence-corrected chi connectivity index (χ2v) is 6.41. The van der Waals surface area contributed by atoms with Crippen LogP contribution in [0.15, 0.2) is 53.1 Å². The van der Waals surface area contributed by atoms with Gasteiger partial charge in [0.2, 0.25) is 11.7 Å². The number of ether oxygens (including phenoxy) is 2. The SMILES string of the molecule is COC(C)=O.O=C(NCc1nc(-c2ccc(OC(F)(F)F)cc2)no1)c1ccc(Cl)cc1. The highest BCUT2D eigenvalue weighted by Crippen LogP contribution is 2.25. The Kier molecular flexibility index (Phi) is 8.59. The minimum absolute atomic E-state index is 0.0102. The second kappa shape index (κ2) is 11.1. The number of benzene rings is 2. The van der Waals surface area contributed by atoms with E-state index >= 15 is 0 Å². The van der Waals surface area contributed by atoms with E-state index in [4.69, 9.17) is 16.1 Å². The van der Waals surface area contributed by atoms with Gasteiger partial charge in [-0.25, -0.2) is 0 Å². The molecule has 3 rings (SSSR count). The summed E-state index contributed by atoms with van der Waals surface area (Å²) >= 11 is 5.76. The van der Waals surface area contributed by atoms with Crippen molar-refractivity contribution in [3.05, 3.63) is 65.0 Å². The highest BCUT2D eigenvalue weighted by Gasteiger charge is 2.31. The summed E-state index contributed by atoms with van der Waals surface area (Å²) in [5.41, 5.74) is 0.850. The predicted octanol–water partition coefficient (Wildman–Crippen LogP) is 4.40. The number of nitrogens with one attached hydrogen (secondary N) is 1. The van der Waals surface area contributed by atoms with E-state index in [-0.39, 0.29) is 35.9 Å². The van der Waals surface area contributed by atoms with Gasteiger partial charge in [0.1, 0.15) is 5.75 Å². The molecule has 0 radical (unpaired) electrons. The van der Waals surface area contributed by atoms with Gasteiger partial charge in [-0.2, -0.15) is 4.98 Å². The van der Waals surface area contributed by atoms with Gasteiger partial charge >= 0.3 is 12.3 Å². The summed E-state index contributed by atoms with van der Waals surface area (Å²) in [7, 11) is 1.35. The Morgan fingerprint density at radius 3 is 2.22 bits per heavy atom. The highest BCUT2D eigenvalue weighted by atomic mass is 35.5. The molecule has 3 aromatic rings. The molecule has 0 spiro atoms. The minimum Gasteiger partial charge on any atom is -0.469 e. The predicted molar refractivity (Wildman–Crippen MR) is 107 cm³/mol. The monoisotopic (exact) mass is 471 g/mol. The molecule has 0 bridgehead atoms. The topological polar surface area (TPSA) is 104 Å². The van der Waals surface area contributed by atoms with Gasteiger partial charge < -0.3 is 19.3 Å². The maximum atomic E-state index is 12.2. The van der Waals surface area contributed by atoms with Crippen molar-refractivity contribution in [1.82, 2.24) is 15.5 Å². The molecule has 0 aliphatic heterocycles. The molecule has 0 atom stereocenters. The lowest BCUT2D eigenvalue weighted by molar-refractivity contribution is -0.274. The molecule has 12 heteroatoms. The average Bonchev–Trinajstić information content (AvgIpc) is 3.21. The van der Waals surface area contributed by atoms with Crippen LogP contribution in [0.25, 0.3) is 11.4 Å². The van der Waals surface area contributed by atoms with Crippen LogP contribution in [0.1, 0.15) is 23.2 Å². The van der Waals surface area contributed by atoms with E-state index in [0.717, 1.165) is 12.1 Å². The fraction of sp³-hybridized carbons (Fsp3) is 0.200. The first-order valence-electron chi connectivity index (χ1n) is 8.84. The van der Waals surface area contributed by atoms with E-state index in [0.29, 0.717) is 16.1 Å². The van der Waals surface area contributed by atoms with Crippen molar-refractivity contribution in [2.75, 3.05) is 7.11 Å². The first-order valence-corrected chi connectivity index (χ1v) is 9.22. The van der Waals surface area contributed by atoms with Gasteiger partial charge in [-0.05, 0) is 48.5 Å². The molecule has 1 amide bonds. The van der Waals surface area contributed by atoms with Crippen molar-refractivity contribution in [2.24, 2.45) is 0 Å². The van der Waals surface area contributed by atoms with Crippen molar-refractivity contribution in [1.29, 1.82) is 0 Å². The summed E-state index contributed by atoms with van der Waals surface area (Å²) in [6.07, 6.45) is -4.76. The zero-order valence-corrected chi connectivity index (χ0v) is 17.5. The van der Waals surface area contributed by atoms with Crippen molar-refractivity contribution in [3.63, 3.8) is 0 Å². The van der Waals surface area contributed by atoms with E-state index in [2.05, 4.69) is 24.9 Å². The molecule has 0 fully saturated rings. The van der Waals surface area contributed by atoms with Gasteiger partial charge in [0.05, 0.1) is 13.7 Å². The maximum absolute atomic E-state index is 12.2. The average molecular weight is 472 g/mol. The maximum Gasteiger partial charge on any atom is 0.573 e. The van der Waals surface area contributed by atoms with Crippen molar-refractivity contribution >= 4 is 23.5 Å². The molecule has 0 aliphatic rings. The molecule has 8 nitrogen and oxygen atoms in total. The third kappa shape index (κ3) is 8.26. The van der Waals surface area contributed by atoms with E-state index in [1.165, 1.54) is 26.2 Å². The van der Waals surface area contributed by atoms with Gasteiger partial charge in [-0.15, -0.1) is 13.2 Å². The second-order valence-electron chi connectivity index (χ2n) is 5.97. The Morgan fingerprint density at radius 2 is 1.69 bits per heavy atom. The van der Waals surface area contributed by atoms with Gasteiger partial charge in [0.25, 0.3) is 5.91 Å². The van der Waals surface area contributed by atoms with E-state index in [9.17, 15) is 22.8 Å². The first-order chi connectivity index (χ1) is 15.1. The van der Waals surface area contributed by atoms with Crippen molar-refractivity contribution in [2.45, 2.75) is 19.8 Å². The van der Waals surface area contributed by atoms with Crippen LogP contribution in [-0.2, 0) is 16.1 Å². The lowest BCUT2D eigenvalue weighted by Crippen LogP contribution is -2.22. The quantitative estimate of drug-likeness (QED) is 0.550. The first kappa shape index (κ1) is 24.7. The number of amides is 1. The molecule has 0 saturated carbocycles. The number of aromatic nitrogens is 2. The third-order valence-corrected chi connectivity index (χ3v) is 3.86. The molecular formula is C20H17ClF3N3O5. The summed E-state index contributed by atoms with van der Waals surface area (Å²) in [5, 5.41) is 6.86. The van der Waals surface area contributed by atoms with Crippen LogP contribution in [0.4, 0.5) is 13.2 Å². The number of alkyl halides is 3.